The molecule has 1 unspecified atom stereocenters. The Morgan fingerprint density at radius 3 is 3.00 bits per heavy atom. The predicted molar refractivity (Wildman–Crippen MR) is 97.2 cm³/mol. The van der Waals surface area contributed by atoms with Gasteiger partial charge in [0.1, 0.15) is 0 Å². The normalized spacial score (nSPS) is 30.0. The summed E-state index contributed by atoms with van der Waals surface area (Å²) in [6, 6.07) is 4.65. The number of morpholine rings is 1. The van der Waals surface area contributed by atoms with E-state index in [-0.39, 0.29) is 30.1 Å². The quantitative estimate of drug-likeness (QED) is 0.409. The Hall–Kier alpha value is 0.140. The van der Waals surface area contributed by atoms with E-state index in [1.807, 2.05) is 0 Å². The Kier molecular flexibility index (Phi) is 5.72. The van der Waals surface area contributed by atoms with Crippen molar-refractivity contribution in [3.05, 3.63) is 20.8 Å². The van der Waals surface area contributed by atoms with Gasteiger partial charge in [-0.25, -0.2) is 4.99 Å². The largest absolute Gasteiger partial charge is 0.375 e. The molecule has 3 atom stereocenters. The molecule has 1 saturated heterocycles. The molecule has 0 bridgehead atoms. The molecular weight excluding hydrogens is 453 g/mol. The highest BCUT2D eigenvalue weighted by Crippen LogP contribution is 2.46. The monoisotopic (exact) mass is 471 g/mol. The summed E-state index contributed by atoms with van der Waals surface area (Å²) in [5.41, 5.74) is 6.11. The van der Waals surface area contributed by atoms with Gasteiger partial charge in [-0.15, -0.1) is 35.3 Å². The minimum Gasteiger partial charge on any atom is -0.375 e. The summed E-state index contributed by atoms with van der Waals surface area (Å²) in [5, 5.41) is 0. The highest BCUT2D eigenvalue weighted by Gasteiger charge is 2.40. The van der Waals surface area contributed by atoms with Crippen LogP contribution in [0.25, 0.3) is 0 Å². The third kappa shape index (κ3) is 3.86. The van der Waals surface area contributed by atoms with E-state index in [1.54, 1.807) is 11.3 Å². The SMILES string of the molecule is CC1CN(C(N)=N[C@@H]2C[C@H]2c2ccc(Br)s2)CCO1.I. The van der Waals surface area contributed by atoms with Crippen LogP contribution >= 0.6 is 51.2 Å². The minimum atomic E-state index is 0. The van der Waals surface area contributed by atoms with Gasteiger partial charge in [-0.3, -0.25) is 0 Å². The molecule has 2 fully saturated rings. The number of nitrogens with two attached hydrogens (primary N) is 1. The number of aliphatic imine (C=N–C) groups is 1. The van der Waals surface area contributed by atoms with Gasteiger partial charge in [0.15, 0.2) is 5.96 Å². The van der Waals surface area contributed by atoms with Crippen LogP contribution in [0.3, 0.4) is 0 Å². The van der Waals surface area contributed by atoms with E-state index >= 15 is 0 Å². The summed E-state index contributed by atoms with van der Waals surface area (Å²) in [6.07, 6.45) is 1.36. The molecule has 0 aromatic carbocycles. The van der Waals surface area contributed by atoms with Crippen molar-refractivity contribution in [2.75, 3.05) is 19.7 Å². The van der Waals surface area contributed by atoms with Gasteiger partial charge in [0.25, 0.3) is 0 Å². The van der Waals surface area contributed by atoms with Gasteiger partial charge < -0.3 is 15.4 Å². The second-order valence-electron chi connectivity index (χ2n) is 5.17. The first-order valence-corrected chi connectivity index (χ1v) is 8.19. The number of thiophene rings is 1. The lowest BCUT2D eigenvalue weighted by molar-refractivity contribution is 0.00528. The van der Waals surface area contributed by atoms with Crippen LogP contribution < -0.4 is 5.73 Å². The predicted octanol–water partition coefficient (Wildman–Crippen LogP) is 3.02. The van der Waals surface area contributed by atoms with Gasteiger partial charge in [-0.05, 0) is 41.4 Å². The summed E-state index contributed by atoms with van der Waals surface area (Å²) in [4.78, 5) is 8.21. The van der Waals surface area contributed by atoms with Crippen molar-refractivity contribution >= 4 is 57.2 Å². The molecule has 3 rings (SSSR count). The molecule has 1 aromatic heterocycles. The third-order valence-electron chi connectivity index (χ3n) is 3.58. The lowest BCUT2D eigenvalue weighted by atomic mass is 10.3. The van der Waals surface area contributed by atoms with E-state index in [4.69, 9.17) is 10.5 Å². The number of hydrogen-bond acceptors (Lipinski definition) is 3. The van der Waals surface area contributed by atoms with Crippen molar-refractivity contribution in [2.45, 2.75) is 31.4 Å². The zero-order valence-corrected chi connectivity index (χ0v) is 16.0. The second kappa shape index (κ2) is 6.93. The molecule has 0 amide bonds. The lowest BCUT2D eigenvalue weighted by Gasteiger charge is -2.31. The molecule has 0 spiro atoms. The molecular formula is C13H19BrIN3OS. The summed E-state index contributed by atoms with van der Waals surface area (Å²) in [6.45, 7) is 4.50. The number of halogens is 2. The van der Waals surface area contributed by atoms with Crippen molar-refractivity contribution in [2.24, 2.45) is 10.7 Å². The number of hydrogen-bond donors (Lipinski definition) is 1. The molecule has 4 nitrogen and oxygen atoms in total. The van der Waals surface area contributed by atoms with Crippen molar-refractivity contribution < 1.29 is 4.74 Å². The molecule has 0 radical (unpaired) electrons. The topological polar surface area (TPSA) is 50.8 Å². The van der Waals surface area contributed by atoms with E-state index < -0.39 is 0 Å². The maximum absolute atomic E-state index is 6.11. The van der Waals surface area contributed by atoms with Gasteiger partial charge in [0.2, 0.25) is 0 Å². The first-order chi connectivity index (χ1) is 9.13. The van der Waals surface area contributed by atoms with E-state index in [9.17, 15) is 0 Å². The molecule has 1 aromatic rings. The van der Waals surface area contributed by atoms with Gasteiger partial charge in [-0.2, -0.15) is 0 Å². The summed E-state index contributed by atoms with van der Waals surface area (Å²) in [5.74, 6) is 1.24. The average Bonchev–Trinajstić information content (AvgIpc) is 3.01. The Labute approximate surface area is 148 Å². The van der Waals surface area contributed by atoms with Crippen molar-refractivity contribution in [1.29, 1.82) is 0 Å². The van der Waals surface area contributed by atoms with Crippen molar-refractivity contribution in [3.8, 4) is 0 Å². The van der Waals surface area contributed by atoms with Crippen LogP contribution in [-0.2, 0) is 4.74 Å². The van der Waals surface area contributed by atoms with Crippen LogP contribution in [0.2, 0.25) is 0 Å². The summed E-state index contributed by atoms with van der Waals surface area (Å²) < 4.78 is 6.70. The molecule has 7 heteroatoms. The molecule has 1 aliphatic heterocycles. The van der Waals surface area contributed by atoms with Crippen molar-refractivity contribution in [1.82, 2.24) is 4.90 Å². The van der Waals surface area contributed by atoms with Gasteiger partial charge in [-0.1, -0.05) is 0 Å². The van der Waals surface area contributed by atoms with E-state index in [2.05, 4.69) is 44.9 Å². The fraction of sp³-hybridized carbons (Fsp3) is 0.615. The van der Waals surface area contributed by atoms with Gasteiger partial charge in [0.05, 0.1) is 22.5 Å². The van der Waals surface area contributed by atoms with Crippen LogP contribution in [0.1, 0.15) is 24.1 Å². The number of ether oxygens (including phenoxy) is 1. The molecule has 2 heterocycles. The van der Waals surface area contributed by atoms with Crippen LogP contribution in [0.5, 0.6) is 0 Å². The van der Waals surface area contributed by atoms with Crippen LogP contribution in [0.15, 0.2) is 20.9 Å². The number of nitrogens with zero attached hydrogens (tertiary/aromatic N) is 2. The third-order valence-corrected chi connectivity index (χ3v) is 5.33. The standard InChI is InChI=1S/C13H18BrN3OS.HI/c1-8-7-17(4-5-18-8)13(15)16-10-6-9(10)11-2-3-12(14)19-11;/h2-3,8-10H,4-7H2,1H3,(H2,15,16);1H/t8?,9-,10-;/m1./s1. The van der Waals surface area contributed by atoms with Gasteiger partial charge in [0, 0.05) is 23.9 Å². The van der Waals surface area contributed by atoms with Crippen molar-refractivity contribution in [3.63, 3.8) is 0 Å². The fourth-order valence-corrected chi connectivity index (χ4v) is 4.03. The average molecular weight is 472 g/mol. The highest BCUT2D eigenvalue weighted by molar-refractivity contribution is 14.0. The highest BCUT2D eigenvalue weighted by atomic mass is 127. The first kappa shape index (κ1) is 16.5. The second-order valence-corrected chi connectivity index (χ2v) is 7.66. The maximum atomic E-state index is 6.11. The minimum absolute atomic E-state index is 0. The Balaban J connectivity index is 0.00000147. The van der Waals surface area contributed by atoms with Crippen LogP contribution in [0.4, 0.5) is 0 Å². The molecule has 2 aliphatic rings. The lowest BCUT2D eigenvalue weighted by Crippen LogP contribution is -2.48. The summed E-state index contributed by atoms with van der Waals surface area (Å²) in [7, 11) is 0. The molecule has 2 N–H and O–H groups in total. The molecule has 1 saturated carbocycles. The smallest absolute Gasteiger partial charge is 0.191 e. The zero-order valence-electron chi connectivity index (χ0n) is 11.3. The van der Waals surface area contributed by atoms with E-state index in [0.29, 0.717) is 17.9 Å². The maximum Gasteiger partial charge on any atom is 0.191 e. The van der Waals surface area contributed by atoms with Gasteiger partial charge >= 0.3 is 0 Å². The zero-order chi connectivity index (χ0) is 13.4. The molecule has 20 heavy (non-hydrogen) atoms. The number of guanidine groups is 1. The van der Waals surface area contributed by atoms with Crippen LogP contribution in [0, 0.1) is 0 Å². The Morgan fingerprint density at radius 1 is 1.55 bits per heavy atom. The molecule has 112 valence electrons. The Bertz CT molecular complexity index is 496. The van der Waals surface area contributed by atoms with Crippen LogP contribution in [-0.4, -0.2) is 42.7 Å². The molecule has 1 aliphatic carbocycles. The van der Waals surface area contributed by atoms with E-state index in [0.717, 1.165) is 26.1 Å². The summed E-state index contributed by atoms with van der Waals surface area (Å²) >= 11 is 5.30. The van der Waals surface area contributed by atoms with E-state index in [1.165, 1.54) is 8.66 Å². The Morgan fingerprint density at radius 2 is 2.35 bits per heavy atom. The number of rotatable bonds is 2. The fourth-order valence-electron chi connectivity index (χ4n) is 2.44. The first-order valence-electron chi connectivity index (χ1n) is 6.58.